The molecule has 0 saturated heterocycles. The molecule has 7 heteroatoms. The minimum Gasteiger partial charge on any atom is -0.342 e. The minimum absolute atomic E-state index is 0.265. The summed E-state index contributed by atoms with van der Waals surface area (Å²) in [5, 5.41) is 0.841. The summed E-state index contributed by atoms with van der Waals surface area (Å²) in [6, 6.07) is 11.9. The Hall–Kier alpha value is -1.79. The Kier molecular flexibility index (Phi) is 4.44. The number of ketones is 1. The third-order valence-corrected chi connectivity index (χ3v) is 4.36. The molecule has 1 aromatic heterocycles. The van der Waals surface area contributed by atoms with Crippen LogP contribution in [0.3, 0.4) is 0 Å². The fourth-order valence-electron chi connectivity index (χ4n) is 2.52. The van der Waals surface area contributed by atoms with Gasteiger partial charge < -0.3 is 4.57 Å². The van der Waals surface area contributed by atoms with Gasteiger partial charge in [0.1, 0.15) is 0 Å². The Morgan fingerprint density at radius 3 is 2.42 bits per heavy atom. The third-order valence-electron chi connectivity index (χ3n) is 3.61. The van der Waals surface area contributed by atoms with Crippen LogP contribution in [0.4, 0.5) is 13.2 Å². The first-order chi connectivity index (χ1) is 11.3. The molecule has 0 aliphatic carbocycles. The predicted octanol–water partition coefficient (Wildman–Crippen LogP) is 5.85. The van der Waals surface area contributed by atoms with Crippen LogP contribution in [0.2, 0.25) is 5.02 Å². The number of carbonyl (C=O) groups is 1. The monoisotopic (exact) mass is 415 g/mol. The molecule has 0 unspecified atom stereocenters. The fraction of sp³-hybridized carbons (Fsp3) is 0.118. The summed E-state index contributed by atoms with van der Waals surface area (Å²) in [4.78, 5) is 11.7. The van der Waals surface area contributed by atoms with Crippen molar-refractivity contribution in [2.75, 3.05) is 0 Å². The number of rotatable bonds is 3. The highest BCUT2D eigenvalue weighted by Gasteiger charge is 2.40. The third kappa shape index (κ3) is 3.35. The second-order valence-electron chi connectivity index (χ2n) is 5.29. The van der Waals surface area contributed by atoms with Gasteiger partial charge in [0.05, 0.1) is 5.56 Å². The molecule has 124 valence electrons. The first-order valence-electron chi connectivity index (χ1n) is 6.90. The molecule has 0 fully saturated rings. The van der Waals surface area contributed by atoms with Crippen molar-refractivity contribution in [2.24, 2.45) is 0 Å². The van der Waals surface area contributed by atoms with E-state index in [2.05, 4.69) is 15.9 Å². The molecule has 3 rings (SSSR count). The summed E-state index contributed by atoms with van der Waals surface area (Å²) in [5.41, 5.74) is 1.07. The Labute approximate surface area is 149 Å². The predicted molar refractivity (Wildman–Crippen MR) is 90.6 cm³/mol. The van der Waals surface area contributed by atoms with Gasteiger partial charge >= 0.3 is 6.18 Å². The van der Waals surface area contributed by atoms with Crippen molar-refractivity contribution in [3.8, 4) is 0 Å². The SMILES string of the molecule is O=C(c1cn(Cc2ccc(Cl)cc2)c2ccc(Br)cc12)C(F)(F)F. The largest absolute Gasteiger partial charge is 0.454 e. The molecular weight excluding hydrogens is 407 g/mol. The highest BCUT2D eigenvalue weighted by Crippen LogP contribution is 2.31. The normalized spacial score (nSPS) is 11.9. The maximum atomic E-state index is 12.9. The van der Waals surface area contributed by atoms with E-state index >= 15 is 0 Å². The van der Waals surface area contributed by atoms with Crippen molar-refractivity contribution >= 4 is 44.2 Å². The van der Waals surface area contributed by atoms with Crippen molar-refractivity contribution in [2.45, 2.75) is 12.7 Å². The smallest absolute Gasteiger partial charge is 0.342 e. The number of halogens is 5. The van der Waals surface area contributed by atoms with Gasteiger partial charge in [0.2, 0.25) is 0 Å². The van der Waals surface area contributed by atoms with Crippen LogP contribution in [0, 0.1) is 0 Å². The van der Waals surface area contributed by atoms with E-state index in [0.29, 0.717) is 21.6 Å². The average molecular weight is 417 g/mol. The zero-order valence-corrected chi connectivity index (χ0v) is 14.4. The van der Waals surface area contributed by atoms with E-state index in [1.165, 1.54) is 12.3 Å². The molecule has 2 aromatic carbocycles. The number of hydrogen-bond acceptors (Lipinski definition) is 1. The lowest BCUT2D eigenvalue weighted by Gasteiger charge is -2.06. The van der Waals surface area contributed by atoms with Gasteiger partial charge in [-0.15, -0.1) is 0 Å². The first-order valence-corrected chi connectivity index (χ1v) is 8.07. The van der Waals surface area contributed by atoms with E-state index < -0.39 is 12.0 Å². The van der Waals surface area contributed by atoms with E-state index in [1.54, 1.807) is 41.0 Å². The van der Waals surface area contributed by atoms with Gasteiger partial charge in [-0.05, 0) is 35.9 Å². The van der Waals surface area contributed by atoms with Gasteiger partial charge in [0.15, 0.2) is 0 Å². The summed E-state index contributed by atoms with van der Waals surface area (Å²) in [7, 11) is 0. The second kappa shape index (κ2) is 6.26. The standard InChI is InChI=1S/C17H10BrClF3NO/c18-11-3-6-15-13(7-11)14(16(24)17(20,21)22)9-23(15)8-10-1-4-12(19)5-2-10/h1-7,9H,8H2. The Morgan fingerprint density at radius 2 is 1.79 bits per heavy atom. The Bertz CT molecular complexity index is 916. The van der Waals surface area contributed by atoms with Crippen LogP contribution in [0.25, 0.3) is 10.9 Å². The summed E-state index contributed by atoms with van der Waals surface area (Å²) in [6.45, 7) is 0.334. The maximum absolute atomic E-state index is 12.9. The van der Waals surface area contributed by atoms with Crippen LogP contribution in [0.5, 0.6) is 0 Å². The Balaban J connectivity index is 2.11. The summed E-state index contributed by atoms with van der Waals surface area (Å²) >= 11 is 9.08. The van der Waals surface area contributed by atoms with Crippen molar-refractivity contribution in [3.05, 3.63) is 69.3 Å². The van der Waals surface area contributed by atoms with E-state index in [0.717, 1.165) is 5.56 Å². The molecule has 0 spiro atoms. The van der Waals surface area contributed by atoms with Crippen molar-refractivity contribution < 1.29 is 18.0 Å². The summed E-state index contributed by atoms with van der Waals surface area (Å²) in [6.07, 6.45) is -3.66. The van der Waals surface area contributed by atoms with E-state index in [-0.39, 0.29) is 10.9 Å². The molecule has 1 heterocycles. The molecule has 0 N–H and O–H groups in total. The zero-order chi connectivity index (χ0) is 17.5. The van der Waals surface area contributed by atoms with Crippen LogP contribution in [-0.4, -0.2) is 16.5 Å². The van der Waals surface area contributed by atoms with Gasteiger partial charge in [-0.2, -0.15) is 13.2 Å². The molecular formula is C17H10BrClF3NO. The molecule has 0 aliphatic heterocycles. The van der Waals surface area contributed by atoms with Crippen LogP contribution >= 0.6 is 27.5 Å². The van der Waals surface area contributed by atoms with E-state index in [9.17, 15) is 18.0 Å². The van der Waals surface area contributed by atoms with Crippen LogP contribution < -0.4 is 0 Å². The lowest BCUT2D eigenvalue weighted by atomic mass is 10.1. The molecule has 0 radical (unpaired) electrons. The van der Waals surface area contributed by atoms with Gasteiger partial charge in [-0.1, -0.05) is 39.7 Å². The maximum Gasteiger partial charge on any atom is 0.454 e. The number of nitrogens with zero attached hydrogens (tertiary/aromatic N) is 1. The second-order valence-corrected chi connectivity index (χ2v) is 6.64. The number of fused-ring (bicyclic) bond motifs is 1. The molecule has 2 nitrogen and oxygen atoms in total. The number of alkyl halides is 3. The lowest BCUT2D eigenvalue weighted by molar-refractivity contribution is -0.0884. The van der Waals surface area contributed by atoms with Gasteiger partial charge in [-0.3, -0.25) is 4.79 Å². The molecule has 0 bridgehead atoms. The van der Waals surface area contributed by atoms with Gasteiger partial charge in [0, 0.05) is 33.1 Å². The van der Waals surface area contributed by atoms with Crippen LogP contribution in [-0.2, 0) is 6.54 Å². The first kappa shape index (κ1) is 17.0. The molecule has 24 heavy (non-hydrogen) atoms. The van der Waals surface area contributed by atoms with Gasteiger partial charge in [0.25, 0.3) is 5.78 Å². The number of Topliss-reactive ketones (excluding diaryl/α,β-unsaturated/α-hetero) is 1. The summed E-state index contributed by atoms with van der Waals surface area (Å²) in [5.74, 6) is -1.85. The molecule has 0 saturated carbocycles. The van der Waals surface area contributed by atoms with Crippen molar-refractivity contribution in [3.63, 3.8) is 0 Å². The molecule has 3 aromatic rings. The van der Waals surface area contributed by atoms with Crippen LogP contribution in [0.1, 0.15) is 15.9 Å². The average Bonchev–Trinajstić information content (AvgIpc) is 2.85. The van der Waals surface area contributed by atoms with Crippen LogP contribution in [0.15, 0.2) is 53.1 Å². The van der Waals surface area contributed by atoms with E-state index in [1.807, 2.05) is 0 Å². The fourth-order valence-corrected chi connectivity index (χ4v) is 3.01. The topological polar surface area (TPSA) is 22.0 Å². The highest BCUT2D eigenvalue weighted by molar-refractivity contribution is 9.10. The number of hydrogen-bond donors (Lipinski definition) is 0. The number of benzene rings is 2. The number of aromatic nitrogens is 1. The molecule has 0 atom stereocenters. The molecule has 0 amide bonds. The van der Waals surface area contributed by atoms with Gasteiger partial charge in [-0.25, -0.2) is 0 Å². The van der Waals surface area contributed by atoms with Crippen molar-refractivity contribution in [1.82, 2.24) is 4.57 Å². The minimum atomic E-state index is -4.91. The zero-order valence-electron chi connectivity index (χ0n) is 12.1. The lowest BCUT2D eigenvalue weighted by Crippen LogP contribution is -2.22. The molecule has 0 aliphatic rings. The number of carbonyl (C=O) groups excluding carboxylic acids is 1. The Morgan fingerprint density at radius 1 is 1.12 bits per heavy atom. The quantitative estimate of drug-likeness (QED) is 0.491. The van der Waals surface area contributed by atoms with Crippen molar-refractivity contribution in [1.29, 1.82) is 0 Å². The highest BCUT2D eigenvalue weighted by atomic mass is 79.9. The summed E-state index contributed by atoms with van der Waals surface area (Å²) < 4.78 is 40.8. The van der Waals surface area contributed by atoms with E-state index in [4.69, 9.17) is 11.6 Å².